The second-order valence-electron chi connectivity index (χ2n) is 4.19. The van der Waals surface area contributed by atoms with Crippen LogP contribution in [-0.2, 0) is 4.79 Å². The zero-order valence-corrected chi connectivity index (χ0v) is 9.31. The lowest BCUT2D eigenvalue weighted by Gasteiger charge is -2.19. The molecule has 1 unspecified atom stereocenters. The number of hydrogen-bond donors (Lipinski definition) is 1. The average molecular weight is 237 g/mol. The summed E-state index contributed by atoms with van der Waals surface area (Å²) in [7, 11) is 0. The quantitative estimate of drug-likeness (QED) is 0.797. The molecule has 0 spiro atoms. The zero-order chi connectivity index (χ0) is 12.6. The molecule has 90 valence electrons. The number of aliphatic hydroxyl groups excluding tert-OH is 1. The molecule has 5 heteroatoms. The molecule has 1 amide bonds. The SMILES string of the molecule is CC(CO)CN1C(=O)C(=O)c2ccc(F)cc21. The predicted molar refractivity (Wildman–Crippen MR) is 59.3 cm³/mol. The molecular formula is C12H12FNO3. The van der Waals surface area contributed by atoms with Crippen molar-refractivity contribution in [3.05, 3.63) is 29.6 Å². The number of aliphatic hydroxyl groups is 1. The number of amides is 1. The summed E-state index contributed by atoms with van der Waals surface area (Å²) in [5.74, 6) is -1.94. The largest absolute Gasteiger partial charge is 0.396 e. The molecule has 1 heterocycles. The molecule has 1 aliphatic rings. The summed E-state index contributed by atoms with van der Waals surface area (Å²) in [6.45, 7) is 1.86. The van der Waals surface area contributed by atoms with Gasteiger partial charge in [-0.2, -0.15) is 0 Å². The van der Waals surface area contributed by atoms with Crippen LogP contribution in [0.25, 0.3) is 0 Å². The van der Waals surface area contributed by atoms with Crippen LogP contribution in [0.1, 0.15) is 17.3 Å². The van der Waals surface area contributed by atoms with Gasteiger partial charge in [-0.1, -0.05) is 6.92 Å². The van der Waals surface area contributed by atoms with Gasteiger partial charge in [0, 0.05) is 13.2 Å². The van der Waals surface area contributed by atoms with E-state index < -0.39 is 17.5 Å². The number of ketones is 1. The van der Waals surface area contributed by atoms with Crippen LogP contribution in [0.4, 0.5) is 10.1 Å². The van der Waals surface area contributed by atoms with Gasteiger partial charge >= 0.3 is 0 Å². The summed E-state index contributed by atoms with van der Waals surface area (Å²) in [6, 6.07) is 3.64. The van der Waals surface area contributed by atoms with Crippen molar-refractivity contribution in [3.63, 3.8) is 0 Å². The Hall–Kier alpha value is -1.75. The van der Waals surface area contributed by atoms with Crippen molar-refractivity contribution in [1.29, 1.82) is 0 Å². The number of halogens is 1. The number of rotatable bonds is 3. The van der Waals surface area contributed by atoms with E-state index in [2.05, 4.69) is 0 Å². The van der Waals surface area contributed by atoms with Crippen LogP contribution in [0.3, 0.4) is 0 Å². The molecule has 2 rings (SSSR count). The van der Waals surface area contributed by atoms with Crippen LogP contribution in [0.2, 0.25) is 0 Å². The van der Waals surface area contributed by atoms with Crippen molar-refractivity contribution in [1.82, 2.24) is 0 Å². The Labute approximate surface area is 97.7 Å². The summed E-state index contributed by atoms with van der Waals surface area (Å²) >= 11 is 0. The van der Waals surface area contributed by atoms with Crippen LogP contribution in [0.5, 0.6) is 0 Å². The summed E-state index contributed by atoms with van der Waals surface area (Å²) in [6.07, 6.45) is 0. The van der Waals surface area contributed by atoms with E-state index in [1.165, 1.54) is 17.0 Å². The summed E-state index contributed by atoms with van der Waals surface area (Å²) in [5.41, 5.74) is 0.516. The van der Waals surface area contributed by atoms with Crippen LogP contribution in [0, 0.1) is 11.7 Å². The van der Waals surface area contributed by atoms with E-state index in [-0.39, 0.29) is 24.6 Å². The molecule has 0 aromatic heterocycles. The summed E-state index contributed by atoms with van der Waals surface area (Å²) < 4.78 is 13.1. The first kappa shape index (κ1) is 11.7. The maximum atomic E-state index is 13.1. The van der Waals surface area contributed by atoms with E-state index in [1.54, 1.807) is 6.92 Å². The molecule has 0 aliphatic carbocycles. The number of hydrogen-bond acceptors (Lipinski definition) is 3. The predicted octanol–water partition coefficient (Wildman–Crippen LogP) is 0.983. The highest BCUT2D eigenvalue weighted by molar-refractivity contribution is 6.52. The first-order valence-corrected chi connectivity index (χ1v) is 5.31. The van der Waals surface area contributed by atoms with Crippen molar-refractivity contribution >= 4 is 17.4 Å². The summed E-state index contributed by atoms with van der Waals surface area (Å²) in [5, 5.41) is 8.95. The van der Waals surface area contributed by atoms with Crippen LogP contribution < -0.4 is 4.90 Å². The van der Waals surface area contributed by atoms with Crippen LogP contribution in [0.15, 0.2) is 18.2 Å². The van der Waals surface area contributed by atoms with Crippen molar-refractivity contribution in [2.45, 2.75) is 6.92 Å². The maximum absolute atomic E-state index is 13.1. The Morgan fingerprint density at radius 3 is 2.76 bits per heavy atom. The molecule has 1 aliphatic heterocycles. The third-order valence-electron chi connectivity index (χ3n) is 2.74. The fourth-order valence-corrected chi connectivity index (χ4v) is 1.82. The molecule has 0 radical (unpaired) electrons. The Balaban J connectivity index is 2.39. The second kappa shape index (κ2) is 4.25. The van der Waals surface area contributed by atoms with Crippen molar-refractivity contribution in [2.24, 2.45) is 5.92 Å². The topological polar surface area (TPSA) is 57.6 Å². The van der Waals surface area contributed by atoms with Crippen molar-refractivity contribution < 1.29 is 19.1 Å². The Bertz CT molecular complexity index is 487. The molecule has 1 N–H and O–H groups in total. The third-order valence-corrected chi connectivity index (χ3v) is 2.74. The standard InChI is InChI=1S/C12H12FNO3/c1-7(6-15)5-14-10-4-8(13)2-3-9(10)11(16)12(14)17/h2-4,7,15H,5-6H2,1H3. The molecule has 0 saturated heterocycles. The first-order chi connectivity index (χ1) is 8.04. The molecule has 17 heavy (non-hydrogen) atoms. The van der Waals surface area contributed by atoms with Gasteiger partial charge in [0.2, 0.25) is 0 Å². The lowest BCUT2D eigenvalue weighted by atomic mass is 10.1. The summed E-state index contributed by atoms with van der Waals surface area (Å²) in [4.78, 5) is 24.5. The molecule has 1 aromatic carbocycles. The molecule has 0 saturated carbocycles. The van der Waals surface area contributed by atoms with E-state index in [1.807, 2.05) is 0 Å². The normalized spacial score (nSPS) is 16.3. The lowest BCUT2D eigenvalue weighted by Crippen LogP contribution is -2.34. The van der Waals surface area contributed by atoms with Crippen LogP contribution >= 0.6 is 0 Å². The van der Waals surface area contributed by atoms with E-state index in [0.29, 0.717) is 5.69 Å². The Morgan fingerprint density at radius 2 is 2.12 bits per heavy atom. The van der Waals surface area contributed by atoms with Gasteiger partial charge in [-0.25, -0.2) is 4.39 Å². The Morgan fingerprint density at radius 1 is 1.41 bits per heavy atom. The van der Waals surface area contributed by atoms with E-state index in [0.717, 1.165) is 6.07 Å². The lowest BCUT2D eigenvalue weighted by molar-refractivity contribution is -0.114. The highest BCUT2D eigenvalue weighted by Gasteiger charge is 2.36. The van der Waals surface area contributed by atoms with Gasteiger partial charge in [0.05, 0.1) is 11.3 Å². The number of fused-ring (bicyclic) bond motifs is 1. The first-order valence-electron chi connectivity index (χ1n) is 5.31. The van der Waals surface area contributed by atoms with Gasteiger partial charge in [-0.3, -0.25) is 9.59 Å². The average Bonchev–Trinajstić information content (AvgIpc) is 2.54. The molecule has 4 nitrogen and oxygen atoms in total. The highest BCUT2D eigenvalue weighted by Crippen LogP contribution is 2.30. The van der Waals surface area contributed by atoms with E-state index >= 15 is 0 Å². The second-order valence-corrected chi connectivity index (χ2v) is 4.19. The van der Waals surface area contributed by atoms with Gasteiger partial charge < -0.3 is 10.0 Å². The molecule has 1 aromatic rings. The number of anilines is 1. The Kier molecular flexibility index (Phi) is 2.93. The number of benzene rings is 1. The molecule has 0 bridgehead atoms. The smallest absolute Gasteiger partial charge is 0.299 e. The molecule has 1 atom stereocenters. The van der Waals surface area contributed by atoms with E-state index in [9.17, 15) is 14.0 Å². The van der Waals surface area contributed by atoms with Gasteiger partial charge in [-0.05, 0) is 24.1 Å². The minimum Gasteiger partial charge on any atom is -0.396 e. The number of nitrogens with zero attached hydrogens (tertiary/aromatic N) is 1. The van der Waals surface area contributed by atoms with Gasteiger partial charge in [-0.15, -0.1) is 0 Å². The minimum absolute atomic E-state index is 0.0946. The van der Waals surface area contributed by atoms with Gasteiger partial charge in [0.25, 0.3) is 11.7 Å². The third kappa shape index (κ3) is 1.93. The molecule has 0 fully saturated rings. The fourth-order valence-electron chi connectivity index (χ4n) is 1.82. The fraction of sp³-hybridized carbons (Fsp3) is 0.333. The number of Topliss-reactive ketones (excluding diaryl/α,β-unsaturated/α-hetero) is 1. The maximum Gasteiger partial charge on any atom is 0.299 e. The minimum atomic E-state index is -0.661. The van der Waals surface area contributed by atoms with Crippen molar-refractivity contribution in [3.8, 4) is 0 Å². The number of carbonyl (C=O) groups is 2. The zero-order valence-electron chi connectivity index (χ0n) is 9.31. The highest BCUT2D eigenvalue weighted by atomic mass is 19.1. The van der Waals surface area contributed by atoms with Crippen LogP contribution in [-0.4, -0.2) is 29.9 Å². The molecular weight excluding hydrogens is 225 g/mol. The van der Waals surface area contributed by atoms with Crippen molar-refractivity contribution in [2.75, 3.05) is 18.1 Å². The van der Waals surface area contributed by atoms with E-state index in [4.69, 9.17) is 5.11 Å². The number of carbonyl (C=O) groups excluding carboxylic acids is 2. The monoisotopic (exact) mass is 237 g/mol. The van der Waals surface area contributed by atoms with Gasteiger partial charge in [0.1, 0.15) is 5.82 Å². The van der Waals surface area contributed by atoms with Gasteiger partial charge in [0.15, 0.2) is 0 Å².